The first-order chi connectivity index (χ1) is 11.7. The summed E-state index contributed by atoms with van der Waals surface area (Å²) in [5.74, 6) is 2.27. The van der Waals surface area contributed by atoms with Crippen molar-refractivity contribution in [2.24, 2.45) is 7.05 Å². The second kappa shape index (κ2) is 6.53. The lowest BCUT2D eigenvalue weighted by Gasteiger charge is -2.34. The topological polar surface area (TPSA) is 46.8 Å². The molecule has 124 valence electrons. The second-order valence-corrected chi connectivity index (χ2v) is 7.40. The average Bonchev–Trinajstić information content (AvgIpc) is 3.02. The van der Waals surface area contributed by atoms with Gasteiger partial charge in [0.05, 0.1) is 28.6 Å². The van der Waals surface area contributed by atoms with Gasteiger partial charge in [0.15, 0.2) is 0 Å². The van der Waals surface area contributed by atoms with Crippen LogP contribution in [0.3, 0.4) is 0 Å². The predicted octanol–water partition coefficient (Wildman–Crippen LogP) is 2.96. The molecule has 0 radical (unpaired) electrons. The molecule has 6 heteroatoms. The zero-order chi connectivity index (χ0) is 16.5. The summed E-state index contributed by atoms with van der Waals surface area (Å²) in [5, 5.41) is 4.34. The maximum absolute atomic E-state index is 4.87. The van der Waals surface area contributed by atoms with E-state index in [1.54, 1.807) is 0 Å². The van der Waals surface area contributed by atoms with Gasteiger partial charge < -0.3 is 0 Å². The number of aryl methyl sites for hydroxylation is 2. The van der Waals surface area contributed by atoms with Crippen LogP contribution in [0.5, 0.6) is 0 Å². The van der Waals surface area contributed by atoms with Crippen LogP contribution < -0.4 is 0 Å². The van der Waals surface area contributed by atoms with Crippen molar-refractivity contribution in [3.63, 3.8) is 0 Å². The van der Waals surface area contributed by atoms with Crippen LogP contribution in [0.4, 0.5) is 0 Å². The molecule has 0 amide bonds. The minimum absolute atomic E-state index is 0.394. The third-order valence-corrected chi connectivity index (χ3v) is 5.57. The maximum Gasteiger partial charge on any atom is 0.0890 e. The first-order valence-electron chi connectivity index (χ1n) is 8.23. The number of fused-ring (bicyclic) bond motifs is 1. The van der Waals surface area contributed by atoms with E-state index in [1.165, 1.54) is 5.56 Å². The van der Waals surface area contributed by atoms with Gasteiger partial charge in [0, 0.05) is 49.4 Å². The predicted molar refractivity (Wildman–Crippen MR) is 98.0 cm³/mol. The molecular weight excluding hydrogens is 318 g/mol. The quantitative estimate of drug-likeness (QED) is 0.734. The van der Waals surface area contributed by atoms with Gasteiger partial charge in [0.1, 0.15) is 0 Å². The van der Waals surface area contributed by atoms with Gasteiger partial charge in [-0.25, -0.2) is 9.97 Å². The molecule has 0 bridgehead atoms. The zero-order valence-corrected chi connectivity index (χ0v) is 14.8. The van der Waals surface area contributed by atoms with E-state index in [2.05, 4.69) is 23.1 Å². The molecule has 4 rings (SSSR count). The Balaban J connectivity index is 1.64. The van der Waals surface area contributed by atoms with E-state index in [-0.39, 0.29) is 0 Å². The Morgan fingerprint density at radius 3 is 2.75 bits per heavy atom. The third kappa shape index (κ3) is 3.03. The Labute approximate surface area is 146 Å². The standard InChI is InChI=1S/C18H21N5S/c1-13-17(21-16-6-4-3-5-15(16)20-13)11-23-7-8-24-12-18(23)14-9-19-22(2)10-14/h3-6,9-10,18H,7-8,11-12H2,1-2H3/t18-/m0/s1. The molecule has 1 aromatic carbocycles. The number of thioether (sulfide) groups is 1. The Morgan fingerprint density at radius 2 is 2.00 bits per heavy atom. The Bertz CT molecular complexity index is 859. The van der Waals surface area contributed by atoms with Gasteiger partial charge in [-0.3, -0.25) is 9.58 Å². The molecule has 1 aliphatic rings. The van der Waals surface area contributed by atoms with Crippen molar-refractivity contribution in [2.75, 3.05) is 18.1 Å². The Hall–Kier alpha value is -1.92. The molecule has 3 heterocycles. The van der Waals surface area contributed by atoms with E-state index in [0.29, 0.717) is 6.04 Å². The van der Waals surface area contributed by atoms with E-state index in [0.717, 1.165) is 47.0 Å². The smallest absolute Gasteiger partial charge is 0.0890 e. The molecule has 0 saturated carbocycles. The highest BCUT2D eigenvalue weighted by atomic mass is 32.2. The Morgan fingerprint density at radius 1 is 1.21 bits per heavy atom. The number of nitrogens with zero attached hydrogens (tertiary/aromatic N) is 5. The molecule has 1 atom stereocenters. The lowest BCUT2D eigenvalue weighted by atomic mass is 10.1. The summed E-state index contributed by atoms with van der Waals surface area (Å²) in [6.07, 6.45) is 4.12. The van der Waals surface area contributed by atoms with Crippen molar-refractivity contribution in [3.8, 4) is 0 Å². The summed E-state index contributed by atoms with van der Waals surface area (Å²) in [5.41, 5.74) is 5.33. The fourth-order valence-electron chi connectivity index (χ4n) is 3.21. The third-order valence-electron chi connectivity index (χ3n) is 4.54. The summed E-state index contributed by atoms with van der Waals surface area (Å²) < 4.78 is 1.88. The van der Waals surface area contributed by atoms with Crippen LogP contribution in [0, 0.1) is 6.92 Å². The maximum atomic E-state index is 4.87. The SMILES string of the molecule is Cc1nc2ccccc2nc1CN1CCSC[C@H]1c1cnn(C)c1. The fraction of sp³-hybridized carbons (Fsp3) is 0.389. The van der Waals surface area contributed by atoms with Gasteiger partial charge in [0.2, 0.25) is 0 Å². The van der Waals surface area contributed by atoms with Crippen molar-refractivity contribution in [3.05, 3.63) is 53.6 Å². The molecule has 0 aliphatic carbocycles. The lowest BCUT2D eigenvalue weighted by Crippen LogP contribution is -2.36. The summed E-state index contributed by atoms with van der Waals surface area (Å²) >= 11 is 2.01. The molecular formula is C18H21N5S. The highest BCUT2D eigenvalue weighted by Crippen LogP contribution is 2.30. The van der Waals surface area contributed by atoms with Crippen LogP contribution in [0.2, 0.25) is 0 Å². The molecule has 0 N–H and O–H groups in total. The molecule has 5 nitrogen and oxygen atoms in total. The number of rotatable bonds is 3. The highest BCUT2D eigenvalue weighted by molar-refractivity contribution is 7.99. The Kier molecular flexibility index (Phi) is 4.24. The number of benzene rings is 1. The van der Waals surface area contributed by atoms with Gasteiger partial charge in [-0.05, 0) is 19.1 Å². The van der Waals surface area contributed by atoms with Gasteiger partial charge in [-0.15, -0.1) is 0 Å². The lowest BCUT2D eigenvalue weighted by molar-refractivity contribution is 0.209. The van der Waals surface area contributed by atoms with Crippen LogP contribution in [-0.2, 0) is 13.6 Å². The monoisotopic (exact) mass is 339 g/mol. The van der Waals surface area contributed by atoms with E-state index in [9.17, 15) is 0 Å². The molecule has 0 unspecified atom stereocenters. The minimum atomic E-state index is 0.394. The number of hydrogen-bond acceptors (Lipinski definition) is 5. The number of para-hydroxylation sites is 2. The van der Waals surface area contributed by atoms with Crippen molar-refractivity contribution in [2.45, 2.75) is 19.5 Å². The molecule has 1 saturated heterocycles. The largest absolute Gasteiger partial charge is 0.289 e. The van der Waals surface area contributed by atoms with Gasteiger partial charge in [0.25, 0.3) is 0 Å². The van der Waals surface area contributed by atoms with Crippen molar-refractivity contribution in [1.29, 1.82) is 0 Å². The van der Waals surface area contributed by atoms with Crippen LogP contribution in [0.1, 0.15) is 23.0 Å². The van der Waals surface area contributed by atoms with Crippen LogP contribution in [0.25, 0.3) is 11.0 Å². The average molecular weight is 339 g/mol. The molecule has 0 spiro atoms. The minimum Gasteiger partial charge on any atom is -0.289 e. The van der Waals surface area contributed by atoms with Crippen molar-refractivity contribution in [1.82, 2.24) is 24.6 Å². The molecule has 1 fully saturated rings. The fourth-order valence-corrected chi connectivity index (χ4v) is 4.37. The summed E-state index contributed by atoms with van der Waals surface area (Å²) in [6.45, 7) is 3.97. The van der Waals surface area contributed by atoms with Crippen LogP contribution >= 0.6 is 11.8 Å². The molecule has 24 heavy (non-hydrogen) atoms. The number of aromatic nitrogens is 4. The number of hydrogen-bond donors (Lipinski definition) is 0. The van der Waals surface area contributed by atoms with Gasteiger partial charge in [-0.1, -0.05) is 12.1 Å². The molecule has 3 aromatic rings. The van der Waals surface area contributed by atoms with Gasteiger partial charge >= 0.3 is 0 Å². The van der Waals surface area contributed by atoms with E-state index in [1.807, 2.05) is 54.0 Å². The molecule has 1 aliphatic heterocycles. The summed E-state index contributed by atoms with van der Waals surface area (Å²) in [4.78, 5) is 12.1. The van der Waals surface area contributed by atoms with Crippen LogP contribution in [-0.4, -0.2) is 42.7 Å². The second-order valence-electron chi connectivity index (χ2n) is 6.25. The normalized spacial score (nSPS) is 19.0. The van der Waals surface area contributed by atoms with Crippen molar-refractivity contribution >= 4 is 22.8 Å². The summed E-state index contributed by atoms with van der Waals surface area (Å²) in [6, 6.07) is 8.48. The summed E-state index contributed by atoms with van der Waals surface area (Å²) in [7, 11) is 1.97. The molecule has 2 aromatic heterocycles. The first-order valence-corrected chi connectivity index (χ1v) is 9.39. The highest BCUT2D eigenvalue weighted by Gasteiger charge is 2.26. The van der Waals surface area contributed by atoms with Crippen molar-refractivity contribution < 1.29 is 0 Å². The van der Waals surface area contributed by atoms with E-state index in [4.69, 9.17) is 9.97 Å². The first kappa shape index (κ1) is 15.6. The van der Waals surface area contributed by atoms with Gasteiger partial charge in [-0.2, -0.15) is 16.9 Å². The van der Waals surface area contributed by atoms with E-state index >= 15 is 0 Å². The van der Waals surface area contributed by atoms with Crippen LogP contribution in [0.15, 0.2) is 36.7 Å². The van der Waals surface area contributed by atoms with E-state index < -0.39 is 0 Å². The zero-order valence-electron chi connectivity index (χ0n) is 14.0.